The van der Waals surface area contributed by atoms with Crippen LogP contribution in [-0.2, 0) is 11.2 Å². The molecule has 5 rings (SSSR count). The zero-order chi connectivity index (χ0) is 20.5. The van der Waals surface area contributed by atoms with Crippen LogP contribution < -0.4 is 10.2 Å². The van der Waals surface area contributed by atoms with Crippen molar-refractivity contribution >= 4 is 11.8 Å². The van der Waals surface area contributed by atoms with Crippen molar-refractivity contribution in [2.75, 3.05) is 18.0 Å². The van der Waals surface area contributed by atoms with Gasteiger partial charge < -0.3 is 19.1 Å². The number of oxazole rings is 1. The number of piperidine rings is 1. The lowest BCUT2D eigenvalue weighted by atomic mass is 9.95. The monoisotopic (exact) mass is 402 g/mol. The van der Waals surface area contributed by atoms with E-state index >= 15 is 0 Å². The molecule has 30 heavy (non-hydrogen) atoms. The highest BCUT2D eigenvalue weighted by Crippen LogP contribution is 2.33. The van der Waals surface area contributed by atoms with Crippen LogP contribution in [0.15, 0.2) is 51.5 Å². The lowest BCUT2D eigenvalue weighted by molar-refractivity contribution is -0.126. The zero-order valence-corrected chi connectivity index (χ0v) is 16.5. The molecule has 1 aromatic carbocycles. The minimum atomic E-state index is -0.0352. The first kappa shape index (κ1) is 18.5. The van der Waals surface area contributed by atoms with Crippen LogP contribution in [0, 0.1) is 17.2 Å². The summed E-state index contributed by atoms with van der Waals surface area (Å²) >= 11 is 0. The number of fused-ring (bicyclic) bond motifs is 1. The molecule has 1 amide bonds. The number of hydrogen-bond donors (Lipinski definition) is 1. The summed E-state index contributed by atoms with van der Waals surface area (Å²) in [6.07, 6.45) is 4.94. The van der Waals surface area contributed by atoms with E-state index in [1.54, 1.807) is 12.1 Å². The van der Waals surface area contributed by atoms with Gasteiger partial charge in [0, 0.05) is 19.0 Å². The van der Waals surface area contributed by atoms with Crippen molar-refractivity contribution in [2.45, 2.75) is 31.7 Å². The fourth-order valence-corrected chi connectivity index (χ4v) is 4.45. The van der Waals surface area contributed by atoms with Crippen LogP contribution in [0.25, 0.3) is 11.7 Å². The summed E-state index contributed by atoms with van der Waals surface area (Å²) in [5.41, 5.74) is 2.82. The van der Waals surface area contributed by atoms with Crippen molar-refractivity contribution in [3.8, 4) is 17.7 Å². The number of carbonyl (C=O) groups is 1. The van der Waals surface area contributed by atoms with Crippen LogP contribution in [0.5, 0.6) is 0 Å². The summed E-state index contributed by atoms with van der Waals surface area (Å²) in [6.45, 7) is 1.28. The Balaban J connectivity index is 1.23. The predicted molar refractivity (Wildman–Crippen MR) is 110 cm³/mol. The molecular weight excluding hydrogens is 380 g/mol. The second-order valence-corrected chi connectivity index (χ2v) is 7.82. The Morgan fingerprint density at radius 3 is 2.77 bits per heavy atom. The fraction of sp³-hybridized carbons (Fsp3) is 0.348. The third-order valence-electron chi connectivity index (χ3n) is 6.05. The Bertz CT molecular complexity index is 1090. The van der Waals surface area contributed by atoms with Crippen molar-refractivity contribution < 1.29 is 13.6 Å². The van der Waals surface area contributed by atoms with Crippen LogP contribution >= 0.6 is 0 Å². The van der Waals surface area contributed by atoms with E-state index in [0.717, 1.165) is 12.8 Å². The molecule has 3 aromatic rings. The molecule has 7 heteroatoms. The average molecular weight is 402 g/mol. The van der Waals surface area contributed by atoms with Gasteiger partial charge in [-0.2, -0.15) is 10.2 Å². The number of anilines is 1. The summed E-state index contributed by atoms with van der Waals surface area (Å²) in [4.78, 5) is 19.1. The second-order valence-electron chi connectivity index (χ2n) is 7.82. The molecule has 152 valence electrons. The smallest absolute Gasteiger partial charge is 0.266 e. The first-order chi connectivity index (χ1) is 14.7. The predicted octanol–water partition coefficient (Wildman–Crippen LogP) is 3.83. The molecule has 1 saturated heterocycles. The summed E-state index contributed by atoms with van der Waals surface area (Å²) < 4.78 is 11.1. The van der Waals surface area contributed by atoms with Gasteiger partial charge in [-0.25, -0.2) is 0 Å². The lowest BCUT2D eigenvalue weighted by Gasteiger charge is -2.31. The van der Waals surface area contributed by atoms with Gasteiger partial charge in [-0.1, -0.05) is 24.3 Å². The van der Waals surface area contributed by atoms with Crippen molar-refractivity contribution in [1.29, 1.82) is 5.26 Å². The summed E-state index contributed by atoms with van der Waals surface area (Å²) in [6, 6.07) is 14.0. The number of benzene rings is 1. The first-order valence-electron chi connectivity index (χ1n) is 10.3. The molecule has 1 fully saturated rings. The maximum absolute atomic E-state index is 12.9. The van der Waals surface area contributed by atoms with Crippen molar-refractivity contribution in [3.05, 3.63) is 59.5 Å². The van der Waals surface area contributed by atoms with E-state index in [1.807, 2.05) is 11.0 Å². The third kappa shape index (κ3) is 3.35. The molecule has 1 aliphatic carbocycles. The first-order valence-corrected chi connectivity index (χ1v) is 10.3. The van der Waals surface area contributed by atoms with Crippen molar-refractivity contribution in [3.63, 3.8) is 0 Å². The topological polar surface area (TPSA) is 95.3 Å². The molecule has 2 aromatic heterocycles. The quantitative estimate of drug-likeness (QED) is 0.713. The fourth-order valence-electron chi connectivity index (χ4n) is 4.45. The molecule has 1 aliphatic heterocycles. The maximum atomic E-state index is 12.9. The second kappa shape index (κ2) is 7.71. The Morgan fingerprint density at radius 2 is 2.00 bits per heavy atom. The minimum Gasteiger partial charge on any atom is -0.459 e. The minimum absolute atomic E-state index is 0.0352. The molecule has 1 N–H and O–H groups in total. The van der Waals surface area contributed by atoms with Gasteiger partial charge in [0.25, 0.3) is 5.89 Å². The van der Waals surface area contributed by atoms with Gasteiger partial charge in [-0.3, -0.25) is 4.79 Å². The van der Waals surface area contributed by atoms with Crippen molar-refractivity contribution in [1.82, 2.24) is 10.3 Å². The zero-order valence-electron chi connectivity index (χ0n) is 16.5. The van der Waals surface area contributed by atoms with Gasteiger partial charge in [-0.15, -0.1) is 0 Å². The molecule has 1 atom stereocenters. The number of rotatable bonds is 4. The van der Waals surface area contributed by atoms with Crippen LogP contribution in [-0.4, -0.2) is 24.0 Å². The lowest BCUT2D eigenvalue weighted by Crippen LogP contribution is -2.41. The molecule has 0 spiro atoms. The Labute approximate surface area is 174 Å². The van der Waals surface area contributed by atoms with Crippen LogP contribution in [0.4, 0.5) is 5.88 Å². The molecule has 0 bridgehead atoms. The number of nitrogens with zero attached hydrogens (tertiary/aromatic N) is 3. The highest BCUT2D eigenvalue weighted by Gasteiger charge is 2.31. The number of nitrogens with one attached hydrogen (secondary N) is 1. The van der Waals surface area contributed by atoms with E-state index in [2.05, 4.69) is 34.6 Å². The number of nitriles is 1. The largest absolute Gasteiger partial charge is 0.459 e. The third-order valence-corrected chi connectivity index (χ3v) is 6.05. The summed E-state index contributed by atoms with van der Waals surface area (Å²) in [5, 5.41) is 12.7. The normalized spacial score (nSPS) is 18.8. The Kier molecular flexibility index (Phi) is 4.75. The maximum Gasteiger partial charge on any atom is 0.266 e. The van der Waals surface area contributed by atoms with Gasteiger partial charge in [0.15, 0.2) is 5.76 Å². The molecule has 1 unspecified atom stereocenters. The van der Waals surface area contributed by atoms with Crippen molar-refractivity contribution in [2.24, 2.45) is 5.92 Å². The number of aryl methyl sites for hydroxylation is 1. The van der Waals surface area contributed by atoms with Gasteiger partial charge >= 0.3 is 0 Å². The molecule has 3 heterocycles. The Morgan fingerprint density at radius 1 is 1.17 bits per heavy atom. The van der Waals surface area contributed by atoms with Gasteiger partial charge in [-0.05, 0) is 48.9 Å². The van der Waals surface area contributed by atoms with E-state index in [9.17, 15) is 10.1 Å². The summed E-state index contributed by atoms with van der Waals surface area (Å²) in [7, 11) is 0. The number of carbonyl (C=O) groups excluding carboxylic acids is 1. The number of furan rings is 1. The van der Waals surface area contributed by atoms with Crippen LogP contribution in [0.3, 0.4) is 0 Å². The molecule has 0 radical (unpaired) electrons. The van der Waals surface area contributed by atoms with Gasteiger partial charge in [0.1, 0.15) is 6.07 Å². The highest BCUT2D eigenvalue weighted by atomic mass is 16.4. The van der Waals surface area contributed by atoms with Crippen LogP contribution in [0.1, 0.15) is 42.1 Å². The number of amides is 1. The standard InChI is InChI=1S/C23H22N4O3/c24-14-19-23(30-22(26-19)20-6-3-13-29-20)27-11-9-16(10-12-27)21(28)25-18-8-7-15-4-1-2-5-17(15)18/h1-6,13,16,18H,7-12H2,(H,25,28). The molecule has 0 saturated carbocycles. The van der Waals surface area contributed by atoms with E-state index in [-0.39, 0.29) is 23.6 Å². The van der Waals surface area contributed by atoms with Crippen LogP contribution in [0.2, 0.25) is 0 Å². The SMILES string of the molecule is N#Cc1nc(-c2ccco2)oc1N1CCC(C(=O)NC2CCc3ccccc32)CC1. The number of hydrogen-bond acceptors (Lipinski definition) is 6. The summed E-state index contributed by atoms with van der Waals surface area (Å²) in [5.74, 6) is 1.32. The molecule has 7 nitrogen and oxygen atoms in total. The van der Waals surface area contributed by atoms with E-state index in [1.165, 1.54) is 17.4 Å². The average Bonchev–Trinajstić information content (AvgIpc) is 3.53. The number of aromatic nitrogens is 1. The molecule has 2 aliphatic rings. The van der Waals surface area contributed by atoms with Gasteiger partial charge in [0.2, 0.25) is 17.5 Å². The van der Waals surface area contributed by atoms with Gasteiger partial charge in [0.05, 0.1) is 12.3 Å². The Hall–Kier alpha value is -3.53. The van der Waals surface area contributed by atoms with E-state index < -0.39 is 0 Å². The van der Waals surface area contributed by atoms with E-state index in [4.69, 9.17) is 8.83 Å². The molecular formula is C23H22N4O3. The van der Waals surface area contributed by atoms with E-state index in [0.29, 0.717) is 43.5 Å². The highest BCUT2D eigenvalue weighted by molar-refractivity contribution is 5.79.